The summed E-state index contributed by atoms with van der Waals surface area (Å²) in [6.07, 6.45) is 0. The zero-order valence-electron chi connectivity index (χ0n) is 9.57. The fourth-order valence-corrected chi connectivity index (χ4v) is 2.50. The van der Waals surface area contributed by atoms with E-state index in [4.69, 9.17) is 5.11 Å². The van der Waals surface area contributed by atoms with Gasteiger partial charge in [0.1, 0.15) is 16.3 Å². The lowest BCUT2D eigenvalue weighted by atomic mass is 10.2. The summed E-state index contributed by atoms with van der Waals surface area (Å²) < 4.78 is 0. The summed E-state index contributed by atoms with van der Waals surface area (Å²) in [5.41, 5.74) is 1.03. The van der Waals surface area contributed by atoms with Crippen LogP contribution in [0.3, 0.4) is 0 Å². The standard InChI is InChI=1S/C13H8N2O3S/c16-10-3-1-2-7-4-5-8(14-11(7)10)12-15-9(6-19-12)13(17)18/h1-6,16H,(H,17,18). The van der Waals surface area contributed by atoms with Crippen molar-refractivity contribution >= 4 is 28.2 Å². The number of hydrogen-bond acceptors (Lipinski definition) is 5. The molecule has 2 aromatic heterocycles. The number of carbonyl (C=O) groups is 1. The SMILES string of the molecule is O=C(O)c1csc(-c2ccc3cccc(O)c3n2)n1. The number of pyridine rings is 1. The van der Waals surface area contributed by atoms with E-state index in [9.17, 15) is 9.90 Å². The van der Waals surface area contributed by atoms with E-state index in [0.717, 1.165) is 5.39 Å². The first-order valence-electron chi connectivity index (χ1n) is 5.43. The number of benzene rings is 1. The van der Waals surface area contributed by atoms with E-state index in [1.165, 1.54) is 16.7 Å². The van der Waals surface area contributed by atoms with Crippen LogP contribution < -0.4 is 0 Å². The van der Waals surface area contributed by atoms with Crippen molar-refractivity contribution in [2.75, 3.05) is 0 Å². The number of nitrogens with zero attached hydrogens (tertiary/aromatic N) is 2. The van der Waals surface area contributed by atoms with Crippen LogP contribution >= 0.6 is 11.3 Å². The maximum absolute atomic E-state index is 10.8. The van der Waals surface area contributed by atoms with E-state index in [0.29, 0.717) is 16.2 Å². The molecule has 3 aromatic rings. The van der Waals surface area contributed by atoms with E-state index < -0.39 is 5.97 Å². The van der Waals surface area contributed by atoms with Gasteiger partial charge in [0.2, 0.25) is 0 Å². The quantitative estimate of drug-likeness (QED) is 0.749. The van der Waals surface area contributed by atoms with Crippen LogP contribution in [-0.4, -0.2) is 26.2 Å². The number of phenols is 1. The second-order valence-electron chi connectivity index (χ2n) is 3.89. The summed E-state index contributed by atoms with van der Waals surface area (Å²) in [6, 6.07) is 8.72. The van der Waals surface area contributed by atoms with Gasteiger partial charge >= 0.3 is 5.97 Å². The Morgan fingerprint density at radius 3 is 2.74 bits per heavy atom. The molecule has 0 aliphatic heterocycles. The number of aromatic nitrogens is 2. The molecule has 2 heterocycles. The van der Waals surface area contributed by atoms with Gasteiger partial charge in [0.15, 0.2) is 5.69 Å². The van der Waals surface area contributed by atoms with Crippen molar-refractivity contribution < 1.29 is 15.0 Å². The molecular weight excluding hydrogens is 264 g/mol. The lowest BCUT2D eigenvalue weighted by Crippen LogP contribution is -1.96. The molecule has 19 heavy (non-hydrogen) atoms. The number of thiazole rings is 1. The molecule has 0 amide bonds. The monoisotopic (exact) mass is 272 g/mol. The van der Waals surface area contributed by atoms with E-state index in [2.05, 4.69) is 9.97 Å². The lowest BCUT2D eigenvalue weighted by Gasteiger charge is -2.01. The number of fused-ring (bicyclic) bond motifs is 1. The van der Waals surface area contributed by atoms with E-state index in [-0.39, 0.29) is 11.4 Å². The Bertz CT molecular complexity index is 782. The minimum absolute atomic E-state index is 0.000759. The molecule has 3 rings (SSSR count). The average molecular weight is 272 g/mol. The van der Waals surface area contributed by atoms with E-state index in [1.54, 1.807) is 18.2 Å². The Labute approximate surface area is 111 Å². The van der Waals surface area contributed by atoms with Gasteiger partial charge in [-0.25, -0.2) is 14.8 Å². The summed E-state index contributed by atoms with van der Waals surface area (Å²) in [6.45, 7) is 0. The molecule has 0 aliphatic carbocycles. The van der Waals surface area contributed by atoms with Gasteiger partial charge in [0.25, 0.3) is 0 Å². The van der Waals surface area contributed by atoms with Crippen LogP contribution in [-0.2, 0) is 0 Å². The number of rotatable bonds is 2. The highest BCUT2D eigenvalue weighted by atomic mass is 32.1. The molecule has 0 radical (unpaired) electrons. The van der Waals surface area contributed by atoms with Gasteiger partial charge in [-0.1, -0.05) is 18.2 Å². The molecule has 94 valence electrons. The Kier molecular flexibility index (Phi) is 2.64. The smallest absolute Gasteiger partial charge is 0.355 e. The van der Waals surface area contributed by atoms with Crippen molar-refractivity contribution in [3.8, 4) is 16.5 Å². The Hall–Kier alpha value is -2.47. The largest absolute Gasteiger partial charge is 0.506 e. The zero-order chi connectivity index (χ0) is 13.4. The highest BCUT2D eigenvalue weighted by molar-refractivity contribution is 7.13. The highest BCUT2D eigenvalue weighted by Gasteiger charge is 2.12. The second kappa shape index (κ2) is 4.33. The normalized spacial score (nSPS) is 10.7. The van der Waals surface area contributed by atoms with Gasteiger partial charge in [-0.15, -0.1) is 11.3 Å². The molecule has 6 heteroatoms. The van der Waals surface area contributed by atoms with Crippen molar-refractivity contribution in [2.24, 2.45) is 0 Å². The number of para-hydroxylation sites is 1. The fraction of sp³-hybridized carbons (Fsp3) is 0. The van der Waals surface area contributed by atoms with Crippen LogP contribution in [0.5, 0.6) is 5.75 Å². The first kappa shape index (κ1) is 11.6. The van der Waals surface area contributed by atoms with Crippen molar-refractivity contribution in [1.82, 2.24) is 9.97 Å². The minimum Gasteiger partial charge on any atom is -0.506 e. The summed E-state index contributed by atoms with van der Waals surface area (Å²) in [7, 11) is 0. The van der Waals surface area contributed by atoms with Crippen molar-refractivity contribution in [1.29, 1.82) is 0 Å². The Balaban J connectivity index is 2.14. The Morgan fingerprint density at radius 2 is 2.00 bits per heavy atom. The highest BCUT2D eigenvalue weighted by Crippen LogP contribution is 2.28. The summed E-state index contributed by atoms with van der Waals surface area (Å²) in [4.78, 5) is 19.1. The molecule has 0 bridgehead atoms. The van der Waals surface area contributed by atoms with Crippen LogP contribution in [0, 0.1) is 0 Å². The van der Waals surface area contributed by atoms with Gasteiger partial charge < -0.3 is 10.2 Å². The molecule has 2 N–H and O–H groups in total. The van der Waals surface area contributed by atoms with Crippen LogP contribution in [0.15, 0.2) is 35.7 Å². The van der Waals surface area contributed by atoms with Crippen molar-refractivity contribution in [3.63, 3.8) is 0 Å². The number of aromatic carboxylic acids is 1. The fourth-order valence-electron chi connectivity index (χ4n) is 1.74. The van der Waals surface area contributed by atoms with Gasteiger partial charge in [-0.3, -0.25) is 0 Å². The lowest BCUT2D eigenvalue weighted by molar-refractivity contribution is 0.0691. The van der Waals surface area contributed by atoms with Gasteiger partial charge in [-0.2, -0.15) is 0 Å². The number of carboxylic acid groups (broad SMARTS) is 1. The van der Waals surface area contributed by atoms with Crippen molar-refractivity contribution in [3.05, 3.63) is 41.4 Å². The Morgan fingerprint density at radius 1 is 1.16 bits per heavy atom. The molecule has 5 nitrogen and oxygen atoms in total. The molecular formula is C13H8N2O3S. The second-order valence-corrected chi connectivity index (χ2v) is 4.75. The van der Waals surface area contributed by atoms with Crippen LogP contribution in [0.1, 0.15) is 10.5 Å². The number of hydrogen-bond donors (Lipinski definition) is 2. The predicted octanol–water partition coefficient (Wildman–Crippen LogP) is 2.76. The average Bonchev–Trinajstić information content (AvgIpc) is 2.89. The number of carboxylic acids is 1. The zero-order valence-corrected chi connectivity index (χ0v) is 10.4. The summed E-state index contributed by atoms with van der Waals surface area (Å²) >= 11 is 1.21. The number of aromatic hydroxyl groups is 1. The maximum Gasteiger partial charge on any atom is 0.355 e. The third kappa shape index (κ3) is 2.02. The van der Waals surface area contributed by atoms with Crippen LogP contribution in [0.2, 0.25) is 0 Å². The van der Waals surface area contributed by atoms with E-state index in [1.807, 2.05) is 12.1 Å². The maximum atomic E-state index is 10.8. The molecule has 0 unspecified atom stereocenters. The third-order valence-electron chi connectivity index (χ3n) is 2.64. The number of phenolic OH excluding ortho intramolecular Hbond substituents is 1. The minimum atomic E-state index is -1.06. The van der Waals surface area contributed by atoms with Gasteiger partial charge in [0.05, 0.1) is 5.69 Å². The van der Waals surface area contributed by atoms with Crippen molar-refractivity contribution in [2.45, 2.75) is 0 Å². The third-order valence-corrected chi connectivity index (χ3v) is 3.51. The topological polar surface area (TPSA) is 83.3 Å². The first-order valence-corrected chi connectivity index (χ1v) is 6.31. The molecule has 0 atom stereocenters. The molecule has 0 fully saturated rings. The first-order chi connectivity index (χ1) is 9.15. The molecule has 0 aliphatic rings. The molecule has 0 saturated heterocycles. The molecule has 1 aromatic carbocycles. The van der Waals surface area contributed by atoms with Crippen LogP contribution in [0.4, 0.5) is 0 Å². The van der Waals surface area contributed by atoms with Crippen LogP contribution in [0.25, 0.3) is 21.6 Å². The summed E-state index contributed by atoms with van der Waals surface area (Å²) in [5, 5.41) is 21.4. The summed E-state index contributed by atoms with van der Waals surface area (Å²) in [5.74, 6) is -0.972. The van der Waals surface area contributed by atoms with Gasteiger partial charge in [0, 0.05) is 10.8 Å². The molecule has 0 saturated carbocycles. The van der Waals surface area contributed by atoms with E-state index >= 15 is 0 Å². The molecule has 0 spiro atoms. The van der Waals surface area contributed by atoms with Gasteiger partial charge in [-0.05, 0) is 12.1 Å². The predicted molar refractivity (Wildman–Crippen MR) is 71.5 cm³/mol.